The second-order valence-electron chi connectivity index (χ2n) is 4.05. The van der Waals surface area contributed by atoms with Gasteiger partial charge in [-0.15, -0.1) is 0 Å². The molecule has 21 heavy (non-hydrogen) atoms. The number of hydrogen-bond acceptors (Lipinski definition) is 4. The minimum atomic E-state index is -4.56. The first-order chi connectivity index (χ1) is 9.70. The molecule has 9 heteroatoms. The van der Waals surface area contributed by atoms with Crippen molar-refractivity contribution < 1.29 is 23.1 Å². The van der Waals surface area contributed by atoms with E-state index >= 15 is 0 Å². The highest BCUT2D eigenvalue weighted by Crippen LogP contribution is 2.33. The van der Waals surface area contributed by atoms with Crippen molar-refractivity contribution in [2.75, 3.05) is 0 Å². The standard InChI is InChI=1S/C12H7ClF3N3O2/c1-5-7(11(20)21)4-18-10(19-5)9-8(13)2-6(3-17-9)12(14,15)16/h2-4H,1H3,(H,20,21). The Morgan fingerprint density at radius 3 is 2.43 bits per heavy atom. The third-order valence-electron chi connectivity index (χ3n) is 2.59. The van der Waals surface area contributed by atoms with Crippen molar-refractivity contribution in [2.24, 2.45) is 0 Å². The molecule has 5 nitrogen and oxygen atoms in total. The van der Waals surface area contributed by atoms with Crippen LogP contribution in [-0.4, -0.2) is 26.0 Å². The van der Waals surface area contributed by atoms with Gasteiger partial charge < -0.3 is 5.11 Å². The minimum absolute atomic E-state index is 0.0452. The Morgan fingerprint density at radius 2 is 1.95 bits per heavy atom. The molecule has 0 amide bonds. The number of rotatable bonds is 2. The van der Waals surface area contributed by atoms with E-state index in [4.69, 9.17) is 16.7 Å². The highest BCUT2D eigenvalue weighted by molar-refractivity contribution is 6.32. The Bertz CT molecular complexity index is 719. The van der Waals surface area contributed by atoms with E-state index in [1.807, 2.05) is 0 Å². The van der Waals surface area contributed by atoms with Crippen molar-refractivity contribution in [3.8, 4) is 11.5 Å². The molecule has 2 aromatic heterocycles. The molecule has 0 aliphatic rings. The summed E-state index contributed by atoms with van der Waals surface area (Å²) in [5, 5.41) is 8.59. The van der Waals surface area contributed by atoms with Gasteiger partial charge in [-0.1, -0.05) is 11.6 Å². The van der Waals surface area contributed by atoms with Gasteiger partial charge in [-0.3, -0.25) is 4.98 Å². The van der Waals surface area contributed by atoms with E-state index < -0.39 is 17.7 Å². The monoisotopic (exact) mass is 317 g/mol. The van der Waals surface area contributed by atoms with Crippen LogP contribution in [0.15, 0.2) is 18.5 Å². The van der Waals surface area contributed by atoms with Crippen molar-refractivity contribution in [3.63, 3.8) is 0 Å². The molecule has 2 aromatic rings. The smallest absolute Gasteiger partial charge is 0.417 e. The summed E-state index contributed by atoms with van der Waals surface area (Å²) in [5.41, 5.74) is -0.994. The molecule has 0 saturated heterocycles. The van der Waals surface area contributed by atoms with Crippen molar-refractivity contribution in [3.05, 3.63) is 40.3 Å². The van der Waals surface area contributed by atoms with E-state index in [0.717, 1.165) is 6.20 Å². The van der Waals surface area contributed by atoms with Crippen LogP contribution in [0.5, 0.6) is 0 Å². The Kier molecular flexibility index (Phi) is 3.82. The molecule has 1 N–H and O–H groups in total. The number of carboxylic acid groups (broad SMARTS) is 1. The first kappa shape index (κ1) is 15.2. The lowest BCUT2D eigenvalue weighted by Gasteiger charge is -2.09. The lowest BCUT2D eigenvalue weighted by Crippen LogP contribution is -2.07. The summed E-state index contributed by atoms with van der Waals surface area (Å²) in [7, 11) is 0. The maximum atomic E-state index is 12.5. The summed E-state index contributed by atoms with van der Waals surface area (Å²) in [6.45, 7) is 1.44. The number of carbonyl (C=O) groups is 1. The fourth-order valence-electron chi connectivity index (χ4n) is 1.55. The number of hydrogen-bond donors (Lipinski definition) is 1. The predicted molar refractivity (Wildman–Crippen MR) is 67.0 cm³/mol. The van der Waals surface area contributed by atoms with Crippen LogP contribution in [0.2, 0.25) is 5.02 Å². The van der Waals surface area contributed by atoms with Gasteiger partial charge in [0, 0.05) is 12.4 Å². The zero-order valence-corrected chi connectivity index (χ0v) is 11.2. The lowest BCUT2D eigenvalue weighted by atomic mass is 10.2. The third-order valence-corrected chi connectivity index (χ3v) is 2.88. The van der Waals surface area contributed by atoms with Gasteiger partial charge in [0.25, 0.3) is 0 Å². The first-order valence-electron chi connectivity index (χ1n) is 5.50. The fourth-order valence-corrected chi connectivity index (χ4v) is 1.80. The first-order valence-corrected chi connectivity index (χ1v) is 5.88. The van der Waals surface area contributed by atoms with E-state index in [9.17, 15) is 18.0 Å². The van der Waals surface area contributed by atoms with Gasteiger partial charge in [0.05, 0.1) is 21.8 Å². The van der Waals surface area contributed by atoms with Gasteiger partial charge >= 0.3 is 12.1 Å². The number of nitrogens with zero attached hydrogens (tertiary/aromatic N) is 3. The molecule has 0 spiro atoms. The number of pyridine rings is 1. The number of halogens is 4. The lowest BCUT2D eigenvalue weighted by molar-refractivity contribution is -0.137. The van der Waals surface area contributed by atoms with Gasteiger partial charge in [-0.05, 0) is 13.0 Å². The van der Waals surface area contributed by atoms with Crippen molar-refractivity contribution in [1.82, 2.24) is 15.0 Å². The molecule has 0 aromatic carbocycles. The van der Waals surface area contributed by atoms with Crippen LogP contribution in [0.25, 0.3) is 11.5 Å². The average Bonchev–Trinajstić information content (AvgIpc) is 2.36. The van der Waals surface area contributed by atoms with Crippen molar-refractivity contribution in [1.29, 1.82) is 0 Å². The Morgan fingerprint density at radius 1 is 1.29 bits per heavy atom. The number of aromatic carboxylic acids is 1. The minimum Gasteiger partial charge on any atom is -0.478 e. The number of aryl methyl sites for hydroxylation is 1. The second-order valence-corrected chi connectivity index (χ2v) is 4.46. The quantitative estimate of drug-likeness (QED) is 0.920. The predicted octanol–water partition coefficient (Wildman–Crippen LogP) is 3.22. The van der Waals surface area contributed by atoms with Crippen LogP contribution in [-0.2, 0) is 6.18 Å². The van der Waals surface area contributed by atoms with Crippen LogP contribution < -0.4 is 0 Å². The van der Waals surface area contributed by atoms with Gasteiger partial charge in [0.1, 0.15) is 5.69 Å². The van der Waals surface area contributed by atoms with Crippen molar-refractivity contribution in [2.45, 2.75) is 13.1 Å². The molecule has 2 heterocycles. The molecule has 0 aliphatic heterocycles. The van der Waals surface area contributed by atoms with Gasteiger partial charge in [0.15, 0.2) is 5.82 Å². The van der Waals surface area contributed by atoms with Crippen LogP contribution in [0.3, 0.4) is 0 Å². The van der Waals surface area contributed by atoms with Crippen LogP contribution in [0.1, 0.15) is 21.6 Å². The Balaban J connectivity index is 2.48. The molecule has 0 radical (unpaired) electrons. The van der Waals surface area contributed by atoms with Crippen molar-refractivity contribution >= 4 is 17.6 Å². The molecular formula is C12H7ClF3N3O2. The summed E-state index contributed by atoms with van der Waals surface area (Å²) in [5.74, 6) is -1.25. The molecule has 2 rings (SSSR count). The average molecular weight is 318 g/mol. The fraction of sp³-hybridized carbons (Fsp3) is 0.167. The topological polar surface area (TPSA) is 76.0 Å². The molecule has 0 aliphatic carbocycles. The normalized spacial score (nSPS) is 11.5. The third kappa shape index (κ3) is 3.10. The summed E-state index contributed by atoms with van der Waals surface area (Å²) in [4.78, 5) is 22.1. The zero-order chi connectivity index (χ0) is 15.8. The molecule has 0 fully saturated rings. The van der Waals surface area contributed by atoms with Crippen LogP contribution >= 0.6 is 11.6 Å². The summed E-state index contributed by atoms with van der Waals surface area (Å²) < 4.78 is 37.5. The van der Waals surface area contributed by atoms with Gasteiger partial charge in [-0.25, -0.2) is 14.8 Å². The molecule has 110 valence electrons. The van der Waals surface area contributed by atoms with Crippen LogP contribution in [0, 0.1) is 6.92 Å². The van der Waals surface area contributed by atoms with E-state index in [1.165, 1.54) is 6.92 Å². The van der Waals surface area contributed by atoms with Gasteiger partial charge in [0.2, 0.25) is 0 Å². The van der Waals surface area contributed by atoms with E-state index in [1.54, 1.807) is 0 Å². The maximum absolute atomic E-state index is 12.5. The Labute approximate surface area is 121 Å². The summed E-state index contributed by atoms with van der Waals surface area (Å²) in [6.07, 6.45) is -2.89. The number of carboxylic acids is 1. The number of aromatic nitrogens is 3. The number of alkyl halides is 3. The van der Waals surface area contributed by atoms with E-state index in [0.29, 0.717) is 12.3 Å². The molecule has 0 bridgehead atoms. The van der Waals surface area contributed by atoms with Gasteiger partial charge in [-0.2, -0.15) is 13.2 Å². The summed E-state index contributed by atoms with van der Waals surface area (Å²) >= 11 is 5.77. The Hall–Kier alpha value is -2.22. The summed E-state index contributed by atoms with van der Waals surface area (Å²) in [6, 6.07) is 0.716. The zero-order valence-electron chi connectivity index (χ0n) is 10.4. The highest BCUT2D eigenvalue weighted by Gasteiger charge is 2.32. The van der Waals surface area contributed by atoms with E-state index in [-0.39, 0.29) is 27.8 Å². The van der Waals surface area contributed by atoms with E-state index in [2.05, 4.69) is 15.0 Å². The SMILES string of the molecule is Cc1nc(-c2ncc(C(F)(F)F)cc2Cl)ncc1C(=O)O. The highest BCUT2D eigenvalue weighted by atomic mass is 35.5. The maximum Gasteiger partial charge on any atom is 0.417 e. The molecule has 0 unspecified atom stereocenters. The molecule has 0 saturated carbocycles. The second kappa shape index (κ2) is 5.28. The largest absolute Gasteiger partial charge is 0.478 e. The molecular weight excluding hydrogens is 311 g/mol. The van der Waals surface area contributed by atoms with Crippen LogP contribution in [0.4, 0.5) is 13.2 Å². The molecule has 0 atom stereocenters.